The predicted octanol–water partition coefficient (Wildman–Crippen LogP) is 1.49. The molecule has 10 heteroatoms. The van der Waals surface area contributed by atoms with Crippen LogP contribution < -0.4 is 5.73 Å². The molecule has 1 fully saturated rings. The standard InChI is InChI=1S/C24H29N5O4S/c1-2-29-21-8-7-19(34(31,32)28-9-11-33-12-10-28)14-20(21)26-23(29)16-27-15-18-6-4-3-5-17(18)13-22(27)24(25)30/h3-8,14,22H,2,9-13,15-16H2,1H3,(H2,25,30)/t22-/m1/s1. The van der Waals surface area contributed by atoms with E-state index in [-0.39, 0.29) is 10.8 Å². The largest absolute Gasteiger partial charge is 0.379 e. The number of sulfonamides is 1. The van der Waals surface area contributed by atoms with E-state index in [4.69, 9.17) is 15.5 Å². The van der Waals surface area contributed by atoms with Crippen molar-refractivity contribution in [2.45, 2.75) is 43.9 Å². The molecule has 1 aromatic heterocycles. The highest BCUT2D eigenvalue weighted by Gasteiger charge is 2.31. The number of imidazole rings is 1. The highest BCUT2D eigenvalue weighted by Crippen LogP contribution is 2.28. The molecule has 0 spiro atoms. The quantitative estimate of drug-likeness (QED) is 0.569. The van der Waals surface area contributed by atoms with Gasteiger partial charge in [-0.3, -0.25) is 9.69 Å². The van der Waals surface area contributed by atoms with Crippen molar-refractivity contribution >= 4 is 27.0 Å². The Hall–Kier alpha value is -2.79. The number of fused-ring (bicyclic) bond motifs is 2. The molecule has 2 aromatic carbocycles. The summed E-state index contributed by atoms with van der Waals surface area (Å²) in [7, 11) is -3.61. The molecule has 34 heavy (non-hydrogen) atoms. The zero-order valence-corrected chi connectivity index (χ0v) is 20.0. The Morgan fingerprint density at radius 2 is 1.88 bits per heavy atom. The Morgan fingerprint density at radius 3 is 2.59 bits per heavy atom. The number of hydrogen-bond donors (Lipinski definition) is 1. The number of amides is 1. The third-order valence-electron chi connectivity index (χ3n) is 6.74. The summed E-state index contributed by atoms with van der Waals surface area (Å²) in [6, 6.07) is 12.8. The van der Waals surface area contributed by atoms with Crippen LogP contribution in [-0.4, -0.2) is 65.4 Å². The minimum Gasteiger partial charge on any atom is -0.379 e. The van der Waals surface area contributed by atoms with Crippen LogP contribution in [0.1, 0.15) is 23.9 Å². The van der Waals surface area contributed by atoms with Crippen molar-refractivity contribution in [2.75, 3.05) is 26.3 Å². The summed E-state index contributed by atoms with van der Waals surface area (Å²) in [6.07, 6.45) is 0.569. The molecule has 3 heterocycles. The zero-order valence-electron chi connectivity index (χ0n) is 19.2. The molecule has 0 aliphatic carbocycles. The third-order valence-corrected chi connectivity index (χ3v) is 8.64. The van der Waals surface area contributed by atoms with Crippen LogP contribution >= 0.6 is 0 Å². The number of ether oxygens (including phenoxy) is 1. The lowest BCUT2D eigenvalue weighted by molar-refractivity contribution is -0.124. The number of primary amides is 1. The molecule has 5 rings (SSSR count). The lowest BCUT2D eigenvalue weighted by atomic mass is 9.93. The van der Waals surface area contributed by atoms with Crippen LogP contribution in [0.15, 0.2) is 47.4 Å². The molecule has 1 amide bonds. The Morgan fingerprint density at radius 1 is 1.15 bits per heavy atom. The molecule has 2 aliphatic heterocycles. The van der Waals surface area contributed by atoms with E-state index in [1.807, 2.05) is 31.2 Å². The number of aryl methyl sites for hydroxylation is 1. The topological polar surface area (TPSA) is 111 Å². The van der Waals surface area contributed by atoms with Crippen LogP contribution in [0.5, 0.6) is 0 Å². The van der Waals surface area contributed by atoms with E-state index in [1.54, 1.807) is 12.1 Å². The molecule has 2 N–H and O–H groups in total. The van der Waals surface area contributed by atoms with Gasteiger partial charge in [0.2, 0.25) is 15.9 Å². The van der Waals surface area contributed by atoms with Gasteiger partial charge in [-0.1, -0.05) is 24.3 Å². The van der Waals surface area contributed by atoms with Crippen LogP contribution in [0.2, 0.25) is 0 Å². The highest BCUT2D eigenvalue weighted by molar-refractivity contribution is 7.89. The first-order valence-corrected chi connectivity index (χ1v) is 13.0. The van der Waals surface area contributed by atoms with Gasteiger partial charge in [0.05, 0.1) is 41.7 Å². The second-order valence-electron chi connectivity index (χ2n) is 8.74. The Balaban J connectivity index is 1.48. The second kappa shape index (κ2) is 9.10. The number of aromatic nitrogens is 2. The normalized spacial score (nSPS) is 19.9. The number of benzene rings is 2. The molecule has 0 radical (unpaired) electrons. The van der Waals surface area contributed by atoms with E-state index in [0.717, 1.165) is 16.9 Å². The number of rotatable bonds is 6. The fourth-order valence-electron chi connectivity index (χ4n) is 4.94. The summed E-state index contributed by atoms with van der Waals surface area (Å²) >= 11 is 0. The highest BCUT2D eigenvalue weighted by atomic mass is 32.2. The molecule has 180 valence electrons. The summed E-state index contributed by atoms with van der Waals surface area (Å²) in [5.74, 6) is 0.427. The van der Waals surface area contributed by atoms with E-state index in [0.29, 0.717) is 57.9 Å². The van der Waals surface area contributed by atoms with Crippen molar-refractivity contribution < 1.29 is 17.9 Å². The molecule has 0 unspecified atom stereocenters. The first-order chi connectivity index (χ1) is 16.4. The molecule has 9 nitrogen and oxygen atoms in total. The van der Waals surface area contributed by atoms with Gasteiger partial charge in [0.1, 0.15) is 5.82 Å². The van der Waals surface area contributed by atoms with E-state index < -0.39 is 16.1 Å². The fraction of sp³-hybridized carbons (Fsp3) is 0.417. The minimum atomic E-state index is -3.61. The minimum absolute atomic E-state index is 0.233. The van der Waals surface area contributed by atoms with Crippen LogP contribution in [-0.2, 0) is 45.6 Å². The lowest BCUT2D eigenvalue weighted by Crippen LogP contribution is -2.48. The van der Waals surface area contributed by atoms with Gasteiger partial charge in [0.15, 0.2) is 0 Å². The summed E-state index contributed by atoms with van der Waals surface area (Å²) in [5.41, 5.74) is 9.58. The first kappa shape index (κ1) is 23.0. The van der Waals surface area contributed by atoms with Gasteiger partial charge in [0, 0.05) is 26.2 Å². The molecule has 1 atom stereocenters. The summed E-state index contributed by atoms with van der Waals surface area (Å²) in [6.45, 7) is 5.24. The maximum atomic E-state index is 13.1. The molecular formula is C24H29N5O4S. The molecule has 0 saturated carbocycles. The number of nitrogens with zero attached hydrogens (tertiary/aromatic N) is 4. The third kappa shape index (κ3) is 4.11. The van der Waals surface area contributed by atoms with Crippen LogP contribution in [0, 0.1) is 0 Å². The fourth-order valence-corrected chi connectivity index (χ4v) is 6.36. The molecule has 2 aliphatic rings. The average Bonchev–Trinajstić information content (AvgIpc) is 3.20. The van der Waals surface area contributed by atoms with E-state index in [2.05, 4.69) is 15.5 Å². The van der Waals surface area contributed by atoms with Crippen molar-refractivity contribution in [3.8, 4) is 0 Å². The van der Waals surface area contributed by atoms with Gasteiger partial charge in [-0.15, -0.1) is 0 Å². The van der Waals surface area contributed by atoms with Crippen LogP contribution in [0.25, 0.3) is 11.0 Å². The monoisotopic (exact) mass is 483 g/mol. The second-order valence-corrected chi connectivity index (χ2v) is 10.7. The van der Waals surface area contributed by atoms with E-state index in [9.17, 15) is 13.2 Å². The number of nitrogens with two attached hydrogens (primary N) is 1. The SMILES string of the molecule is CCn1c(CN2Cc3ccccc3C[C@@H]2C(N)=O)nc2cc(S(=O)(=O)N3CCOCC3)ccc21. The van der Waals surface area contributed by atoms with Crippen molar-refractivity contribution in [1.82, 2.24) is 18.8 Å². The van der Waals surface area contributed by atoms with Gasteiger partial charge in [0.25, 0.3) is 0 Å². The summed E-state index contributed by atoms with van der Waals surface area (Å²) < 4.78 is 35.1. The van der Waals surface area contributed by atoms with Crippen LogP contribution in [0.3, 0.4) is 0 Å². The smallest absolute Gasteiger partial charge is 0.243 e. The Bertz CT molecular complexity index is 1330. The number of carbonyl (C=O) groups excluding carboxylic acids is 1. The lowest BCUT2D eigenvalue weighted by Gasteiger charge is -2.34. The molecule has 3 aromatic rings. The average molecular weight is 484 g/mol. The number of carbonyl (C=O) groups is 1. The van der Waals surface area contributed by atoms with Gasteiger partial charge in [-0.25, -0.2) is 13.4 Å². The maximum absolute atomic E-state index is 13.1. The van der Waals surface area contributed by atoms with Crippen molar-refractivity contribution in [1.29, 1.82) is 0 Å². The summed E-state index contributed by atoms with van der Waals surface area (Å²) in [5, 5.41) is 0. The first-order valence-electron chi connectivity index (χ1n) is 11.6. The predicted molar refractivity (Wildman–Crippen MR) is 127 cm³/mol. The maximum Gasteiger partial charge on any atom is 0.243 e. The Kier molecular flexibility index (Phi) is 6.15. The Labute approximate surface area is 199 Å². The van der Waals surface area contributed by atoms with Gasteiger partial charge >= 0.3 is 0 Å². The van der Waals surface area contributed by atoms with Gasteiger partial charge in [-0.2, -0.15) is 4.31 Å². The molecular weight excluding hydrogens is 454 g/mol. The van der Waals surface area contributed by atoms with Gasteiger partial charge < -0.3 is 15.0 Å². The van der Waals surface area contributed by atoms with Crippen molar-refractivity contribution in [3.05, 3.63) is 59.4 Å². The molecule has 0 bridgehead atoms. The molecule has 1 saturated heterocycles. The van der Waals surface area contributed by atoms with E-state index >= 15 is 0 Å². The van der Waals surface area contributed by atoms with Crippen LogP contribution in [0.4, 0.5) is 0 Å². The zero-order chi connectivity index (χ0) is 23.9. The number of hydrogen-bond acceptors (Lipinski definition) is 6. The van der Waals surface area contributed by atoms with Crippen molar-refractivity contribution in [3.63, 3.8) is 0 Å². The van der Waals surface area contributed by atoms with Crippen molar-refractivity contribution in [2.24, 2.45) is 5.73 Å². The number of morpholine rings is 1. The van der Waals surface area contributed by atoms with E-state index in [1.165, 1.54) is 9.87 Å². The van der Waals surface area contributed by atoms with Gasteiger partial charge in [-0.05, 0) is 42.7 Å². The summed E-state index contributed by atoms with van der Waals surface area (Å²) in [4.78, 5) is 19.4.